The van der Waals surface area contributed by atoms with Gasteiger partial charge in [0.15, 0.2) is 5.82 Å². The highest BCUT2D eigenvalue weighted by atomic mass is 16.5. The van der Waals surface area contributed by atoms with Gasteiger partial charge in [0.25, 0.3) is 0 Å². The summed E-state index contributed by atoms with van der Waals surface area (Å²) in [6, 6.07) is 10.2. The van der Waals surface area contributed by atoms with Crippen LogP contribution in [0.1, 0.15) is 69.7 Å². The number of carbonyl (C=O) groups excluding carboxylic acids is 1. The largest absolute Gasteiger partial charge is 0.343 e. The van der Waals surface area contributed by atoms with Crippen molar-refractivity contribution in [2.24, 2.45) is 0 Å². The number of hydrogen-bond acceptors (Lipinski definition) is 4. The minimum absolute atomic E-state index is 0.0400. The van der Waals surface area contributed by atoms with Crippen molar-refractivity contribution in [2.45, 2.75) is 70.3 Å². The van der Waals surface area contributed by atoms with E-state index in [0.717, 1.165) is 25.7 Å². The van der Waals surface area contributed by atoms with Crippen LogP contribution in [0.15, 0.2) is 34.9 Å². The number of nitrogens with zero attached hydrogens (tertiary/aromatic N) is 2. The van der Waals surface area contributed by atoms with Crippen molar-refractivity contribution in [3.63, 3.8) is 0 Å². The van der Waals surface area contributed by atoms with E-state index in [0.29, 0.717) is 18.1 Å². The van der Waals surface area contributed by atoms with Gasteiger partial charge in [-0.2, -0.15) is 4.98 Å². The molecule has 0 radical (unpaired) electrons. The summed E-state index contributed by atoms with van der Waals surface area (Å²) in [5, 5.41) is 7.38. The fourth-order valence-corrected chi connectivity index (χ4v) is 3.76. The van der Waals surface area contributed by atoms with Crippen molar-refractivity contribution in [1.29, 1.82) is 0 Å². The molecule has 1 heterocycles. The Morgan fingerprint density at radius 1 is 1.20 bits per heavy atom. The molecule has 3 rings (SSSR count). The highest BCUT2D eigenvalue weighted by molar-refractivity contribution is 5.78. The molecular formula is C20H27N3O2. The van der Waals surface area contributed by atoms with E-state index in [4.69, 9.17) is 4.52 Å². The molecule has 1 aromatic heterocycles. The second-order valence-electron chi connectivity index (χ2n) is 7.75. The molecule has 1 saturated carbocycles. The van der Waals surface area contributed by atoms with E-state index in [1.807, 2.05) is 18.2 Å². The molecule has 0 atom stereocenters. The first-order valence-corrected chi connectivity index (χ1v) is 9.09. The Morgan fingerprint density at radius 3 is 2.48 bits per heavy atom. The minimum atomic E-state index is -0.486. The SMILES string of the molecule is Cc1nc(C2(NC(=O)CC(C)(C)c3ccccc3)CCCCC2)no1. The van der Waals surface area contributed by atoms with Gasteiger partial charge in [-0.15, -0.1) is 0 Å². The first kappa shape index (κ1) is 17.6. The molecule has 0 saturated heterocycles. The fraction of sp³-hybridized carbons (Fsp3) is 0.550. The summed E-state index contributed by atoms with van der Waals surface area (Å²) in [6.45, 7) is 6.00. The van der Waals surface area contributed by atoms with Crippen LogP contribution in [0.4, 0.5) is 0 Å². The Bertz CT molecular complexity index is 716. The third kappa shape index (κ3) is 3.91. The predicted octanol–water partition coefficient (Wildman–Crippen LogP) is 4.02. The lowest BCUT2D eigenvalue weighted by Crippen LogP contribution is -2.49. The summed E-state index contributed by atoms with van der Waals surface area (Å²) in [5.74, 6) is 1.20. The smallest absolute Gasteiger partial charge is 0.223 e. The molecule has 2 aromatic rings. The van der Waals surface area contributed by atoms with Crippen LogP contribution in [0.25, 0.3) is 0 Å². The first-order chi connectivity index (χ1) is 11.9. The molecule has 134 valence electrons. The number of benzene rings is 1. The lowest BCUT2D eigenvalue weighted by Gasteiger charge is -2.36. The summed E-state index contributed by atoms with van der Waals surface area (Å²) in [4.78, 5) is 17.3. The maximum atomic E-state index is 12.9. The molecule has 0 spiro atoms. The van der Waals surface area contributed by atoms with Gasteiger partial charge in [0.1, 0.15) is 5.54 Å². The standard InChI is InChI=1S/C20H27N3O2/c1-15-21-18(23-25-15)20(12-8-5-9-13-20)22-17(24)14-19(2,3)16-10-6-4-7-11-16/h4,6-7,10-11H,5,8-9,12-14H2,1-3H3,(H,22,24). The van der Waals surface area contributed by atoms with Gasteiger partial charge in [-0.05, 0) is 23.8 Å². The Kier molecular flexibility index (Phi) is 4.93. The van der Waals surface area contributed by atoms with Crippen LogP contribution < -0.4 is 5.32 Å². The van der Waals surface area contributed by atoms with Crippen LogP contribution in [0, 0.1) is 6.92 Å². The zero-order valence-electron chi connectivity index (χ0n) is 15.3. The highest BCUT2D eigenvalue weighted by Crippen LogP contribution is 2.36. The molecule has 1 aliphatic rings. The van der Waals surface area contributed by atoms with Crippen molar-refractivity contribution in [1.82, 2.24) is 15.5 Å². The number of amides is 1. The number of aryl methyl sites for hydroxylation is 1. The number of hydrogen-bond donors (Lipinski definition) is 1. The van der Waals surface area contributed by atoms with E-state index >= 15 is 0 Å². The Hall–Kier alpha value is -2.17. The average molecular weight is 341 g/mol. The molecule has 5 heteroatoms. The molecule has 1 aromatic carbocycles. The van der Waals surface area contributed by atoms with Gasteiger partial charge in [0.2, 0.25) is 11.8 Å². The lowest BCUT2D eigenvalue weighted by molar-refractivity contribution is -0.124. The van der Waals surface area contributed by atoms with Gasteiger partial charge in [-0.25, -0.2) is 0 Å². The summed E-state index contributed by atoms with van der Waals surface area (Å²) in [7, 11) is 0. The van der Waals surface area contributed by atoms with Crippen LogP contribution >= 0.6 is 0 Å². The van der Waals surface area contributed by atoms with Gasteiger partial charge in [0, 0.05) is 13.3 Å². The molecule has 0 unspecified atom stereocenters. The number of aromatic nitrogens is 2. The minimum Gasteiger partial charge on any atom is -0.343 e. The molecule has 1 amide bonds. The normalized spacial score (nSPS) is 17.2. The van der Waals surface area contributed by atoms with Crippen molar-refractivity contribution >= 4 is 5.91 Å². The molecular weight excluding hydrogens is 314 g/mol. The van der Waals surface area contributed by atoms with E-state index in [1.54, 1.807) is 6.92 Å². The predicted molar refractivity (Wildman–Crippen MR) is 96.0 cm³/mol. The van der Waals surface area contributed by atoms with Gasteiger partial charge in [0.05, 0.1) is 0 Å². The van der Waals surface area contributed by atoms with Crippen molar-refractivity contribution < 1.29 is 9.32 Å². The van der Waals surface area contributed by atoms with E-state index in [2.05, 4.69) is 41.4 Å². The zero-order valence-corrected chi connectivity index (χ0v) is 15.3. The summed E-state index contributed by atoms with van der Waals surface area (Å²) in [5.41, 5.74) is 0.451. The van der Waals surface area contributed by atoms with Gasteiger partial charge >= 0.3 is 0 Å². The average Bonchev–Trinajstić information content (AvgIpc) is 3.03. The Balaban J connectivity index is 1.77. The molecule has 0 bridgehead atoms. The van der Waals surface area contributed by atoms with Crippen molar-refractivity contribution in [3.05, 3.63) is 47.6 Å². The number of rotatable bonds is 5. The molecule has 1 N–H and O–H groups in total. The molecule has 1 fully saturated rings. The van der Waals surface area contributed by atoms with Crippen molar-refractivity contribution in [3.8, 4) is 0 Å². The van der Waals surface area contributed by atoms with E-state index in [9.17, 15) is 4.79 Å². The molecule has 1 aliphatic carbocycles. The van der Waals surface area contributed by atoms with E-state index in [-0.39, 0.29) is 11.3 Å². The third-order valence-electron chi connectivity index (χ3n) is 5.20. The summed E-state index contributed by atoms with van der Waals surface area (Å²) >= 11 is 0. The second kappa shape index (κ2) is 6.98. The Morgan fingerprint density at radius 2 is 1.88 bits per heavy atom. The maximum absolute atomic E-state index is 12.9. The second-order valence-corrected chi connectivity index (χ2v) is 7.75. The lowest BCUT2D eigenvalue weighted by atomic mass is 9.78. The van der Waals surface area contributed by atoms with Crippen LogP contribution in [0.5, 0.6) is 0 Å². The van der Waals surface area contributed by atoms with Crippen LogP contribution in [0.2, 0.25) is 0 Å². The summed E-state index contributed by atoms with van der Waals surface area (Å²) in [6.07, 6.45) is 5.47. The topological polar surface area (TPSA) is 68.0 Å². The zero-order chi connectivity index (χ0) is 17.9. The van der Waals surface area contributed by atoms with Crippen LogP contribution in [0.3, 0.4) is 0 Å². The monoisotopic (exact) mass is 341 g/mol. The maximum Gasteiger partial charge on any atom is 0.223 e. The highest BCUT2D eigenvalue weighted by Gasteiger charge is 2.40. The van der Waals surface area contributed by atoms with Gasteiger partial charge < -0.3 is 9.84 Å². The van der Waals surface area contributed by atoms with Gasteiger partial charge in [-0.1, -0.05) is 68.6 Å². The van der Waals surface area contributed by atoms with E-state index < -0.39 is 5.54 Å². The Labute approximate surface area is 149 Å². The molecule has 5 nitrogen and oxygen atoms in total. The quantitative estimate of drug-likeness (QED) is 0.892. The van der Waals surface area contributed by atoms with Crippen LogP contribution in [-0.2, 0) is 15.7 Å². The van der Waals surface area contributed by atoms with Gasteiger partial charge in [-0.3, -0.25) is 4.79 Å². The van der Waals surface area contributed by atoms with Crippen LogP contribution in [-0.4, -0.2) is 16.0 Å². The third-order valence-corrected chi connectivity index (χ3v) is 5.20. The fourth-order valence-electron chi connectivity index (χ4n) is 3.76. The number of carbonyl (C=O) groups is 1. The molecule has 25 heavy (non-hydrogen) atoms. The summed E-state index contributed by atoms with van der Waals surface area (Å²) < 4.78 is 5.18. The number of nitrogens with one attached hydrogen (secondary N) is 1. The molecule has 0 aliphatic heterocycles. The van der Waals surface area contributed by atoms with Crippen molar-refractivity contribution in [2.75, 3.05) is 0 Å². The van der Waals surface area contributed by atoms with E-state index in [1.165, 1.54) is 12.0 Å². The first-order valence-electron chi connectivity index (χ1n) is 9.09.